The van der Waals surface area contributed by atoms with E-state index in [1.807, 2.05) is 19.9 Å². The van der Waals surface area contributed by atoms with Crippen LogP contribution in [-0.4, -0.2) is 20.6 Å². The predicted octanol–water partition coefficient (Wildman–Crippen LogP) is 3.16. The maximum absolute atomic E-state index is 12.2. The molecule has 2 rings (SSSR count). The molecule has 112 valence electrons. The van der Waals surface area contributed by atoms with Crippen molar-refractivity contribution >= 4 is 32.8 Å². The molecule has 1 amide bonds. The summed E-state index contributed by atoms with van der Waals surface area (Å²) in [5.41, 5.74) is 2.36. The van der Waals surface area contributed by atoms with E-state index in [4.69, 9.17) is 0 Å². The number of benzene rings is 1. The van der Waals surface area contributed by atoms with Crippen molar-refractivity contribution in [3.05, 3.63) is 51.2 Å². The van der Waals surface area contributed by atoms with Crippen LogP contribution in [0.25, 0.3) is 0 Å². The van der Waals surface area contributed by atoms with Gasteiger partial charge in [0.2, 0.25) is 0 Å². The van der Waals surface area contributed by atoms with E-state index in [0.29, 0.717) is 16.1 Å². The zero-order valence-corrected chi connectivity index (χ0v) is 13.8. The minimum Gasteiger partial charge on any atom is -0.321 e. The van der Waals surface area contributed by atoms with Crippen LogP contribution in [-0.2, 0) is 15.6 Å². The highest BCUT2D eigenvalue weighted by Gasteiger charge is 2.11. The molecule has 0 saturated carbocycles. The number of amides is 1. The lowest BCUT2D eigenvalue weighted by Gasteiger charge is -2.06. The molecular weight excluding hydrogens is 306 g/mol. The monoisotopic (exact) mass is 323 g/mol. The highest BCUT2D eigenvalue weighted by atomic mass is 32.2. The first-order chi connectivity index (χ1) is 9.74. The van der Waals surface area contributed by atoms with Gasteiger partial charge < -0.3 is 5.32 Å². The van der Waals surface area contributed by atoms with Gasteiger partial charge in [0.1, 0.15) is 0 Å². The van der Waals surface area contributed by atoms with E-state index in [-0.39, 0.29) is 11.7 Å². The average molecular weight is 323 g/mol. The standard InChI is InChI=1S/C15H17NO3S2/c1-10-7-14(20-11(10)2)15(17)16-13-6-4-5-12(8-13)9-21(3,18)19/h4-8H,9H2,1-3H3,(H,16,17). The minimum absolute atomic E-state index is 0.0338. The van der Waals surface area contributed by atoms with Gasteiger partial charge in [0.05, 0.1) is 10.6 Å². The van der Waals surface area contributed by atoms with Crippen LogP contribution in [0.3, 0.4) is 0 Å². The summed E-state index contributed by atoms with van der Waals surface area (Å²) in [6.07, 6.45) is 1.19. The topological polar surface area (TPSA) is 63.2 Å². The van der Waals surface area contributed by atoms with Crippen molar-refractivity contribution in [2.75, 3.05) is 11.6 Å². The number of hydrogen-bond acceptors (Lipinski definition) is 4. The number of aryl methyl sites for hydroxylation is 2. The third-order valence-corrected chi connectivity index (χ3v) is 5.01. The van der Waals surface area contributed by atoms with E-state index in [9.17, 15) is 13.2 Å². The number of thiophene rings is 1. The molecule has 0 saturated heterocycles. The van der Waals surface area contributed by atoms with Crippen molar-refractivity contribution in [2.24, 2.45) is 0 Å². The second kappa shape index (κ2) is 5.99. The first-order valence-electron chi connectivity index (χ1n) is 6.39. The molecule has 1 aromatic carbocycles. The minimum atomic E-state index is -3.09. The average Bonchev–Trinajstić information content (AvgIpc) is 2.68. The first kappa shape index (κ1) is 15.7. The second-order valence-electron chi connectivity index (χ2n) is 5.07. The lowest BCUT2D eigenvalue weighted by atomic mass is 10.2. The Kier molecular flexibility index (Phi) is 4.49. The molecule has 1 heterocycles. The molecule has 21 heavy (non-hydrogen) atoms. The molecule has 0 fully saturated rings. The van der Waals surface area contributed by atoms with Crippen molar-refractivity contribution in [1.82, 2.24) is 0 Å². The van der Waals surface area contributed by atoms with Crippen LogP contribution < -0.4 is 5.32 Å². The normalized spacial score (nSPS) is 11.4. The van der Waals surface area contributed by atoms with Crippen LogP contribution in [0.4, 0.5) is 5.69 Å². The zero-order valence-electron chi connectivity index (χ0n) is 12.1. The first-order valence-corrected chi connectivity index (χ1v) is 9.27. The van der Waals surface area contributed by atoms with Gasteiger partial charge >= 0.3 is 0 Å². The molecule has 4 nitrogen and oxygen atoms in total. The Balaban J connectivity index is 2.16. The van der Waals surface area contributed by atoms with Gasteiger partial charge in [-0.15, -0.1) is 11.3 Å². The highest BCUT2D eigenvalue weighted by Crippen LogP contribution is 2.22. The third kappa shape index (κ3) is 4.41. The smallest absolute Gasteiger partial charge is 0.265 e. The van der Waals surface area contributed by atoms with Crippen molar-refractivity contribution < 1.29 is 13.2 Å². The fourth-order valence-corrected chi connectivity index (χ4v) is 3.63. The van der Waals surface area contributed by atoms with Gasteiger partial charge in [0.25, 0.3) is 5.91 Å². The van der Waals surface area contributed by atoms with Crippen LogP contribution in [0.5, 0.6) is 0 Å². The highest BCUT2D eigenvalue weighted by molar-refractivity contribution is 7.89. The molecule has 0 bridgehead atoms. The Labute approximate surface area is 128 Å². The van der Waals surface area contributed by atoms with Crippen LogP contribution >= 0.6 is 11.3 Å². The van der Waals surface area contributed by atoms with Gasteiger partial charge in [-0.3, -0.25) is 4.79 Å². The fraction of sp³-hybridized carbons (Fsp3) is 0.267. The molecule has 0 atom stereocenters. The Hall–Kier alpha value is -1.66. The van der Waals surface area contributed by atoms with E-state index in [0.717, 1.165) is 10.4 Å². The van der Waals surface area contributed by atoms with Gasteiger partial charge in [-0.1, -0.05) is 12.1 Å². The SMILES string of the molecule is Cc1cc(C(=O)Nc2cccc(CS(C)(=O)=O)c2)sc1C. The summed E-state index contributed by atoms with van der Waals surface area (Å²) in [6.45, 7) is 3.94. The molecule has 0 unspecified atom stereocenters. The molecule has 0 aliphatic heterocycles. The number of nitrogens with one attached hydrogen (secondary N) is 1. The maximum Gasteiger partial charge on any atom is 0.265 e. The van der Waals surface area contributed by atoms with Crippen LogP contribution in [0.1, 0.15) is 25.7 Å². The van der Waals surface area contributed by atoms with Crippen molar-refractivity contribution in [1.29, 1.82) is 0 Å². The summed E-state index contributed by atoms with van der Waals surface area (Å²) in [4.78, 5) is 13.9. The number of rotatable bonds is 4. The summed E-state index contributed by atoms with van der Waals surface area (Å²) in [6, 6.07) is 8.76. The molecule has 0 aliphatic carbocycles. The molecule has 0 radical (unpaired) electrons. The van der Waals surface area contributed by atoms with E-state index in [1.165, 1.54) is 17.6 Å². The third-order valence-electron chi connectivity index (χ3n) is 3.00. The fourth-order valence-electron chi connectivity index (χ4n) is 1.92. The summed E-state index contributed by atoms with van der Waals surface area (Å²) < 4.78 is 22.6. The van der Waals surface area contributed by atoms with Crippen LogP contribution in [0.2, 0.25) is 0 Å². The predicted molar refractivity (Wildman–Crippen MR) is 86.7 cm³/mol. The van der Waals surface area contributed by atoms with Crippen LogP contribution in [0, 0.1) is 13.8 Å². The summed E-state index contributed by atoms with van der Waals surface area (Å²) in [7, 11) is -3.09. The number of sulfone groups is 1. The van der Waals surface area contributed by atoms with Gasteiger partial charge in [-0.05, 0) is 43.2 Å². The molecule has 2 aromatic rings. The Morgan fingerprint density at radius 1 is 1.24 bits per heavy atom. The zero-order chi connectivity index (χ0) is 15.6. The maximum atomic E-state index is 12.2. The molecule has 1 aromatic heterocycles. The van der Waals surface area contributed by atoms with E-state index >= 15 is 0 Å². The quantitative estimate of drug-likeness (QED) is 0.940. The van der Waals surface area contributed by atoms with Crippen molar-refractivity contribution in [3.63, 3.8) is 0 Å². The van der Waals surface area contributed by atoms with Gasteiger partial charge in [-0.25, -0.2) is 8.42 Å². The largest absolute Gasteiger partial charge is 0.321 e. The van der Waals surface area contributed by atoms with Gasteiger partial charge in [0.15, 0.2) is 9.84 Å². The van der Waals surface area contributed by atoms with Crippen LogP contribution in [0.15, 0.2) is 30.3 Å². The number of anilines is 1. The molecule has 0 spiro atoms. The molecule has 0 aliphatic rings. The summed E-state index contributed by atoms with van der Waals surface area (Å²) >= 11 is 1.45. The Bertz CT molecular complexity index is 756. The van der Waals surface area contributed by atoms with E-state index in [1.54, 1.807) is 24.3 Å². The summed E-state index contributed by atoms with van der Waals surface area (Å²) in [5.74, 6) is -0.207. The van der Waals surface area contributed by atoms with E-state index < -0.39 is 9.84 Å². The van der Waals surface area contributed by atoms with Crippen molar-refractivity contribution in [3.8, 4) is 0 Å². The molecular formula is C15H17NO3S2. The lowest BCUT2D eigenvalue weighted by Crippen LogP contribution is -2.10. The summed E-state index contributed by atoms with van der Waals surface area (Å²) in [5, 5.41) is 2.80. The van der Waals surface area contributed by atoms with E-state index in [2.05, 4.69) is 5.32 Å². The molecule has 6 heteroatoms. The van der Waals surface area contributed by atoms with Crippen molar-refractivity contribution in [2.45, 2.75) is 19.6 Å². The number of carbonyl (C=O) groups excluding carboxylic acids is 1. The number of carbonyl (C=O) groups is 1. The Morgan fingerprint density at radius 2 is 1.95 bits per heavy atom. The Morgan fingerprint density at radius 3 is 2.52 bits per heavy atom. The van der Waals surface area contributed by atoms with Gasteiger partial charge in [-0.2, -0.15) is 0 Å². The van der Waals surface area contributed by atoms with Gasteiger partial charge in [0, 0.05) is 16.8 Å². The lowest BCUT2D eigenvalue weighted by molar-refractivity contribution is 0.103. The molecule has 1 N–H and O–H groups in total. The second-order valence-corrected chi connectivity index (χ2v) is 8.47. The number of hydrogen-bond donors (Lipinski definition) is 1.